The van der Waals surface area contributed by atoms with E-state index in [9.17, 15) is 18.0 Å². The number of rotatable bonds is 6. The quantitative estimate of drug-likeness (QED) is 0.763. The number of alkyl halides is 3. The van der Waals surface area contributed by atoms with Crippen LogP contribution in [-0.2, 0) is 35.2 Å². The number of carbonyl (C=O) groups is 1. The maximum Gasteiger partial charge on any atom is 0.416 e. The van der Waals surface area contributed by atoms with Crippen LogP contribution in [0.1, 0.15) is 36.1 Å². The van der Waals surface area contributed by atoms with Crippen molar-refractivity contribution in [1.82, 2.24) is 10.2 Å². The van der Waals surface area contributed by atoms with E-state index in [4.69, 9.17) is 4.74 Å². The van der Waals surface area contributed by atoms with Gasteiger partial charge in [-0.1, -0.05) is 42.5 Å². The predicted octanol–water partition coefficient (Wildman–Crippen LogP) is 4.17. The first-order chi connectivity index (χ1) is 14.2. The molecule has 0 aromatic heterocycles. The normalized spacial score (nSPS) is 20.2. The summed E-state index contributed by atoms with van der Waals surface area (Å²) in [5.74, 6) is -0.310. The van der Waals surface area contributed by atoms with E-state index in [0.29, 0.717) is 12.1 Å². The fraction of sp³-hybridized carbons (Fsp3) is 0.435. The van der Waals surface area contributed by atoms with Crippen LogP contribution in [0.25, 0.3) is 0 Å². The minimum absolute atomic E-state index is 0.0879. The first-order valence-corrected chi connectivity index (χ1v) is 10.1. The molecule has 1 amide bonds. The molecule has 7 heteroatoms. The number of morpholine rings is 1. The maximum atomic E-state index is 12.8. The summed E-state index contributed by atoms with van der Waals surface area (Å²) in [6, 6.07) is 12.9. The Hall–Kier alpha value is -2.38. The highest BCUT2D eigenvalue weighted by Crippen LogP contribution is 2.29. The fourth-order valence-electron chi connectivity index (χ4n) is 3.74. The Morgan fingerprint density at radius 2 is 1.67 bits per heavy atom. The fourth-order valence-corrected chi connectivity index (χ4v) is 3.74. The average molecular weight is 420 g/mol. The largest absolute Gasteiger partial charge is 0.416 e. The van der Waals surface area contributed by atoms with Crippen LogP contribution in [0.4, 0.5) is 13.2 Å². The lowest BCUT2D eigenvalue weighted by atomic mass is 10.1. The maximum absolute atomic E-state index is 12.8. The second-order valence-corrected chi connectivity index (χ2v) is 7.92. The van der Waals surface area contributed by atoms with E-state index in [-0.39, 0.29) is 24.5 Å². The number of halogens is 3. The Kier molecular flexibility index (Phi) is 7.15. The van der Waals surface area contributed by atoms with Gasteiger partial charge in [-0.2, -0.15) is 13.2 Å². The summed E-state index contributed by atoms with van der Waals surface area (Å²) in [7, 11) is 0. The molecule has 0 aliphatic carbocycles. The number of hydrogen-bond donors (Lipinski definition) is 1. The second-order valence-electron chi connectivity index (χ2n) is 7.92. The number of nitrogens with one attached hydrogen (secondary N) is 1. The van der Waals surface area contributed by atoms with Gasteiger partial charge in [0, 0.05) is 26.2 Å². The van der Waals surface area contributed by atoms with Crippen molar-refractivity contribution >= 4 is 5.91 Å². The SMILES string of the molecule is CC1CN(Cc2ccc(CNC(=O)Cc3cccc(C(F)(F)F)c3)cc2)CC(C)O1. The molecule has 162 valence electrons. The van der Waals surface area contributed by atoms with E-state index < -0.39 is 11.7 Å². The lowest BCUT2D eigenvalue weighted by Crippen LogP contribution is -2.44. The molecule has 0 saturated carbocycles. The molecule has 1 aliphatic rings. The second kappa shape index (κ2) is 9.62. The van der Waals surface area contributed by atoms with Gasteiger partial charge < -0.3 is 10.1 Å². The summed E-state index contributed by atoms with van der Waals surface area (Å²) < 4.78 is 44.1. The van der Waals surface area contributed by atoms with Gasteiger partial charge in [-0.15, -0.1) is 0 Å². The van der Waals surface area contributed by atoms with E-state index in [1.165, 1.54) is 17.7 Å². The molecule has 2 atom stereocenters. The number of carbonyl (C=O) groups excluding carboxylic acids is 1. The molecule has 2 aromatic rings. The van der Waals surface area contributed by atoms with E-state index in [1.54, 1.807) is 0 Å². The van der Waals surface area contributed by atoms with Crippen molar-refractivity contribution in [2.75, 3.05) is 13.1 Å². The monoisotopic (exact) mass is 420 g/mol. The standard InChI is InChI=1S/C23H27F3N2O2/c1-16-13-28(14-17(2)30-16)15-19-8-6-18(7-9-19)12-27-22(29)11-20-4-3-5-21(10-20)23(24,25)26/h3-10,16-17H,11-15H2,1-2H3,(H,27,29). The van der Waals surface area contributed by atoms with Crippen molar-refractivity contribution in [3.05, 3.63) is 70.8 Å². The van der Waals surface area contributed by atoms with Gasteiger partial charge in [-0.25, -0.2) is 0 Å². The van der Waals surface area contributed by atoms with Crippen LogP contribution >= 0.6 is 0 Å². The van der Waals surface area contributed by atoms with Crippen molar-refractivity contribution in [3.63, 3.8) is 0 Å². The number of nitrogens with zero attached hydrogens (tertiary/aromatic N) is 1. The van der Waals surface area contributed by atoms with Crippen LogP contribution in [-0.4, -0.2) is 36.1 Å². The first-order valence-electron chi connectivity index (χ1n) is 10.1. The Bertz CT molecular complexity index is 842. The molecular formula is C23H27F3N2O2. The molecule has 0 bridgehead atoms. The molecule has 3 rings (SSSR count). The molecule has 4 nitrogen and oxygen atoms in total. The number of benzene rings is 2. The Morgan fingerprint density at radius 1 is 1.03 bits per heavy atom. The predicted molar refractivity (Wildman–Crippen MR) is 109 cm³/mol. The first kappa shape index (κ1) is 22.3. The van der Waals surface area contributed by atoms with Crippen LogP contribution in [0.5, 0.6) is 0 Å². The zero-order valence-corrected chi connectivity index (χ0v) is 17.2. The summed E-state index contributed by atoms with van der Waals surface area (Å²) in [6.07, 6.45) is -4.05. The average Bonchev–Trinajstić information content (AvgIpc) is 2.66. The summed E-state index contributed by atoms with van der Waals surface area (Å²) in [4.78, 5) is 14.5. The zero-order valence-electron chi connectivity index (χ0n) is 17.2. The van der Waals surface area contributed by atoms with Gasteiger partial charge in [0.05, 0.1) is 24.2 Å². The Labute approximate surface area is 175 Å². The smallest absolute Gasteiger partial charge is 0.373 e. The van der Waals surface area contributed by atoms with Crippen LogP contribution < -0.4 is 5.32 Å². The molecule has 1 saturated heterocycles. The molecule has 0 radical (unpaired) electrons. The number of hydrogen-bond acceptors (Lipinski definition) is 3. The van der Waals surface area contributed by atoms with Crippen molar-refractivity contribution in [2.24, 2.45) is 0 Å². The van der Waals surface area contributed by atoms with Gasteiger partial charge in [0.1, 0.15) is 0 Å². The zero-order chi connectivity index (χ0) is 21.7. The van der Waals surface area contributed by atoms with Crippen LogP contribution in [0.15, 0.2) is 48.5 Å². The number of ether oxygens (including phenoxy) is 1. The molecule has 1 N–H and O–H groups in total. The Balaban J connectivity index is 1.48. The molecule has 2 unspecified atom stereocenters. The van der Waals surface area contributed by atoms with E-state index in [1.807, 2.05) is 24.3 Å². The summed E-state index contributed by atoms with van der Waals surface area (Å²) in [6.45, 7) is 7.14. The third kappa shape index (κ3) is 6.57. The molecule has 30 heavy (non-hydrogen) atoms. The van der Waals surface area contributed by atoms with E-state index >= 15 is 0 Å². The lowest BCUT2D eigenvalue weighted by molar-refractivity contribution is -0.137. The van der Waals surface area contributed by atoms with Gasteiger partial charge in [-0.3, -0.25) is 9.69 Å². The van der Waals surface area contributed by atoms with Crippen molar-refractivity contribution in [2.45, 2.75) is 51.7 Å². The molecule has 1 heterocycles. The van der Waals surface area contributed by atoms with Gasteiger partial charge in [0.2, 0.25) is 5.91 Å². The minimum atomic E-state index is -4.41. The molecule has 1 fully saturated rings. The molecular weight excluding hydrogens is 393 g/mol. The van der Waals surface area contributed by atoms with Gasteiger partial charge in [-0.05, 0) is 36.6 Å². The van der Waals surface area contributed by atoms with Crippen LogP contribution in [0.2, 0.25) is 0 Å². The molecule has 2 aromatic carbocycles. The highest BCUT2D eigenvalue weighted by Gasteiger charge is 2.30. The van der Waals surface area contributed by atoms with Gasteiger partial charge >= 0.3 is 6.18 Å². The van der Waals surface area contributed by atoms with Crippen LogP contribution in [0.3, 0.4) is 0 Å². The minimum Gasteiger partial charge on any atom is -0.373 e. The summed E-state index contributed by atoms with van der Waals surface area (Å²) in [5, 5.41) is 2.77. The molecule has 0 spiro atoms. The highest BCUT2D eigenvalue weighted by molar-refractivity contribution is 5.78. The van der Waals surface area contributed by atoms with Crippen molar-refractivity contribution < 1.29 is 22.7 Å². The van der Waals surface area contributed by atoms with Crippen molar-refractivity contribution in [1.29, 1.82) is 0 Å². The van der Waals surface area contributed by atoms with Gasteiger partial charge in [0.25, 0.3) is 0 Å². The number of amides is 1. The van der Waals surface area contributed by atoms with Crippen molar-refractivity contribution in [3.8, 4) is 0 Å². The third-order valence-electron chi connectivity index (χ3n) is 5.03. The van der Waals surface area contributed by atoms with E-state index in [2.05, 4.69) is 24.1 Å². The topological polar surface area (TPSA) is 41.6 Å². The molecule has 1 aliphatic heterocycles. The van der Waals surface area contributed by atoms with Crippen LogP contribution in [0, 0.1) is 0 Å². The van der Waals surface area contributed by atoms with E-state index in [0.717, 1.165) is 37.3 Å². The summed E-state index contributed by atoms with van der Waals surface area (Å²) in [5.41, 5.74) is 1.73. The Morgan fingerprint density at radius 3 is 2.30 bits per heavy atom. The van der Waals surface area contributed by atoms with Gasteiger partial charge in [0.15, 0.2) is 0 Å². The highest BCUT2D eigenvalue weighted by atomic mass is 19.4. The lowest BCUT2D eigenvalue weighted by Gasteiger charge is -2.35. The third-order valence-corrected chi connectivity index (χ3v) is 5.03. The summed E-state index contributed by atoms with van der Waals surface area (Å²) >= 11 is 0.